The normalized spacial score (nSPS) is 21.5. The summed E-state index contributed by atoms with van der Waals surface area (Å²) in [5, 5.41) is 2.62. The molecule has 3 N–H and O–H groups in total. The highest BCUT2D eigenvalue weighted by Crippen LogP contribution is 2.26. The van der Waals surface area contributed by atoms with E-state index in [0.29, 0.717) is 6.42 Å². The molecule has 1 saturated heterocycles. The Hall–Kier alpha value is -1.73. The van der Waals surface area contributed by atoms with Gasteiger partial charge in [-0.3, -0.25) is 10.2 Å². The lowest BCUT2D eigenvalue weighted by Gasteiger charge is -2.14. The molecule has 5 nitrogen and oxygen atoms in total. The zero-order valence-electron chi connectivity index (χ0n) is 11.7. The van der Waals surface area contributed by atoms with E-state index < -0.39 is 6.61 Å². The number of alkyl halides is 2. The van der Waals surface area contributed by atoms with Gasteiger partial charge in [0.2, 0.25) is 5.91 Å². The fourth-order valence-electron chi connectivity index (χ4n) is 2.32. The molecule has 0 bridgehead atoms. The molecule has 1 aromatic carbocycles. The van der Waals surface area contributed by atoms with Gasteiger partial charge in [0.15, 0.2) is 0 Å². The van der Waals surface area contributed by atoms with Crippen LogP contribution in [0, 0.1) is 0 Å². The molecule has 0 aromatic heterocycles. The van der Waals surface area contributed by atoms with Crippen LogP contribution in [0.5, 0.6) is 5.75 Å². The summed E-state index contributed by atoms with van der Waals surface area (Å²) in [5.41, 5.74) is 6.22. The summed E-state index contributed by atoms with van der Waals surface area (Å²) in [5.74, 6) is -0.316. The fourth-order valence-corrected chi connectivity index (χ4v) is 2.32. The largest absolute Gasteiger partial charge is 0.433 e. The predicted molar refractivity (Wildman–Crippen MR) is 75.1 cm³/mol. The van der Waals surface area contributed by atoms with Gasteiger partial charge in [0.05, 0.1) is 5.69 Å². The molecule has 0 aliphatic carbocycles. The molecule has 0 radical (unpaired) electrons. The number of hydrogen-bond acceptors (Lipinski definition) is 4. The fraction of sp³-hybridized carbons (Fsp3) is 0.500. The zero-order chi connectivity index (χ0) is 15.2. The van der Waals surface area contributed by atoms with E-state index in [2.05, 4.69) is 27.8 Å². The number of amides is 1. The number of para-hydroxylation sites is 2. The summed E-state index contributed by atoms with van der Waals surface area (Å²) >= 11 is 0. The maximum Gasteiger partial charge on any atom is 0.387 e. The molecule has 2 rings (SSSR count). The second-order valence-corrected chi connectivity index (χ2v) is 4.93. The number of benzene rings is 1. The van der Waals surface area contributed by atoms with Crippen LogP contribution in [-0.2, 0) is 4.79 Å². The Balaban J connectivity index is 1.97. The summed E-state index contributed by atoms with van der Waals surface area (Å²) < 4.78 is 29.0. The third-order valence-corrected chi connectivity index (χ3v) is 3.30. The zero-order valence-corrected chi connectivity index (χ0v) is 11.7. The van der Waals surface area contributed by atoms with Crippen molar-refractivity contribution in [1.29, 1.82) is 0 Å². The van der Waals surface area contributed by atoms with E-state index in [1.807, 2.05) is 0 Å². The maximum atomic E-state index is 12.3. The molecular formula is C14H19F2N3O2. The van der Waals surface area contributed by atoms with Crippen LogP contribution in [0.1, 0.15) is 26.2 Å². The molecule has 1 aliphatic rings. The van der Waals surface area contributed by atoms with E-state index in [0.717, 1.165) is 12.8 Å². The molecule has 1 fully saturated rings. The highest BCUT2D eigenvalue weighted by molar-refractivity contribution is 5.96. The first-order chi connectivity index (χ1) is 10.1. The van der Waals surface area contributed by atoms with Crippen LogP contribution < -0.4 is 20.9 Å². The van der Waals surface area contributed by atoms with Crippen molar-refractivity contribution in [2.45, 2.75) is 44.9 Å². The Morgan fingerprint density at radius 2 is 2.19 bits per heavy atom. The Morgan fingerprint density at radius 3 is 2.90 bits per heavy atom. The van der Waals surface area contributed by atoms with E-state index in [4.69, 9.17) is 0 Å². The highest BCUT2D eigenvalue weighted by atomic mass is 19.3. The number of rotatable bonds is 6. The number of carbonyl (C=O) groups is 1. The van der Waals surface area contributed by atoms with E-state index in [1.165, 1.54) is 12.1 Å². The Labute approximate surface area is 122 Å². The molecule has 2 atom stereocenters. The second-order valence-electron chi connectivity index (χ2n) is 4.93. The summed E-state index contributed by atoms with van der Waals surface area (Å²) in [6.45, 7) is -0.851. The minimum Gasteiger partial charge on any atom is -0.433 e. The average Bonchev–Trinajstić information content (AvgIpc) is 2.89. The lowest BCUT2D eigenvalue weighted by Crippen LogP contribution is -2.40. The first-order valence-corrected chi connectivity index (χ1v) is 6.96. The van der Waals surface area contributed by atoms with E-state index >= 15 is 0 Å². The van der Waals surface area contributed by atoms with E-state index in [9.17, 15) is 13.6 Å². The highest BCUT2D eigenvalue weighted by Gasteiger charge is 2.29. The quantitative estimate of drug-likeness (QED) is 0.754. The summed E-state index contributed by atoms with van der Waals surface area (Å²) in [6.07, 6.45) is 2.66. The molecule has 0 spiro atoms. The van der Waals surface area contributed by atoms with E-state index in [-0.39, 0.29) is 29.4 Å². The van der Waals surface area contributed by atoms with Crippen LogP contribution in [-0.4, -0.2) is 24.6 Å². The van der Waals surface area contributed by atoms with Gasteiger partial charge in [-0.25, -0.2) is 5.43 Å². The van der Waals surface area contributed by atoms with Crippen molar-refractivity contribution < 1.29 is 18.3 Å². The number of ether oxygens (including phenoxy) is 1. The van der Waals surface area contributed by atoms with Gasteiger partial charge in [0, 0.05) is 6.04 Å². The minimum atomic E-state index is -2.93. The Morgan fingerprint density at radius 1 is 1.43 bits per heavy atom. The monoisotopic (exact) mass is 299 g/mol. The number of hydrogen-bond donors (Lipinski definition) is 3. The number of halogens is 2. The van der Waals surface area contributed by atoms with Crippen molar-refractivity contribution in [3.05, 3.63) is 24.3 Å². The number of anilines is 1. The Kier molecular flexibility index (Phi) is 5.46. The van der Waals surface area contributed by atoms with E-state index in [1.54, 1.807) is 12.1 Å². The van der Waals surface area contributed by atoms with Crippen molar-refractivity contribution >= 4 is 11.6 Å². The minimum absolute atomic E-state index is 0.0445. The first kappa shape index (κ1) is 15.7. The number of nitrogens with one attached hydrogen (secondary N) is 3. The van der Waals surface area contributed by atoms with Gasteiger partial charge in [-0.1, -0.05) is 25.5 Å². The summed E-state index contributed by atoms with van der Waals surface area (Å²) in [7, 11) is 0. The molecule has 0 saturated carbocycles. The third kappa shape index (κ3) is 4.37. The number of carbonyl (C=O) groups excluding carboxylic acids is 1. The molecule has 1 aromatic rings. The second kappa shape index (κ2) is 7.33. The first-order valence-electron chi connectivity index (χ1n) is 6.96. The predicted octanol–water partition coefficient (Wildman–Crippen LogP) is 2.26. The van der Waals surface area contributed by atoms with Crippen LogP contribution >= 0.6 is 0 Å². The van der Waals surface area contributed by atoms with Crippen LogP contribution in [0.3, 0.4) is 0 Å². The van der Waals surface area contributed by atoms with Crippen LogP contribution in [0.2, 0.25) is 0 Å². The van der Waals surface area contributed by atoms with Crippen molar-refractivity contribution in [3.8, 4) is 5.75 Å². The van der Waals surface area contributed by atoms with Crippen molar-refractivity contribution in [2.24, 2.45) is 0 Å². The van der Waals surface area contributed by atoms with Gasteiger partial charge < -0.3 is 10.1 Å². The maximum absolute atomic E-state index is 12.3. The van der Waals surface area contributed by atoms with Crippen molar-refractivity contribution in [3.63, 3.8) is 0 Å². The molecule has 7 heteroatoms. The number of hydrazine groups is 1. The van der Waals surface area contributed by atoms with Crippen LogP contribution in [0.15, 0.2) is 24.3 Å². The van der Waals surface area contributed by atoms with Crippen molar-refractivity contribution in [2.75, 3.05) is 5.32 Å². The standard InChI is InChI=1S/C14H19F2N3O2/c1-2-5-9-8-11(19-18-9)13(20)17-10-6-3-4-7-12(10)21-14(15)16/h3-4,6-7,9,11,14,18-19H,2,5,8H2,1H3,(H,17,20). The smallest absolute Gasteiger partial charge is 0.387 e. The van der Waals surface area contributed by atoms with Crippen LogP contribution in [0.4, 0.5) is 14.5 Å². The van der Waals surface area contributed by atoms with Crippen LogP contribution in [0.25, 0.3) is 0 Å². The molecular weight excluding hydrogens is 280 g/mol. The van der Waals surface area contributed by atoms with Gasteiger partial charge in [-0.15, -0.1) is 0 Å². The average molecular weight is 299 g/mol. The third-order valence-electron chi connectivity index (χ3n) is 3.30. The lowest BCUT2D eigenvalue weighted by atomic mass is 10.1. The topological polar surface area (TPSA) is 62.4 Å². The van der Waals surface area contributed by atoms with Gasteiger partial charge in [-0.2, -0.15) is 8.78 Å². The molecule has 2 unspecified atom stereocenters. The van der Waals surface area contributed by atoms with Crippen molar-refractivity contribution in [1.82, 2.24) is 10.9 Å². The van der Waals surface area contributed by atoms with Gasteiger partial charge in [-0.05, 0) is 25.0 Å². The summed E-state index contributed by atoms with van der Waals surface area (Å²) in [6, 6.07) is 6.00. The van der Waals surface area contributed by atoms with Gasteiger partial charge >= 0.3 is 6.61 Å². The summed E-state index contributed by atoms with van der Waals surface area (Å²) in [4.78, 5) is 12.1. The molecule has 21 heavy (non-hydrogen) atoms. The molecule has 116 valence electrons. The molecule has 1 heterocycles. The lowest BCUT2D eigenvalue weighted by molar-refractivity contribution is -0.118. The Bertz CT molecular complexity index is 485. The molecule has 1 amide bonds. The van der Waals surface area contributed by atoms with Gasteiger partial charge in [0.1, 0.15) is 11.8 Å². The SMILES string of the molecule is CCCC1CC(C(=O)Nc2ccccc2OC(F)F)NN1. The van der Waals surface area contributed by atoms with Gasteiger partial charge in [0.25, 0.3) is 0 Å². The molecule has 1 aliphatic heterocycles.